The average molecular weight is 325 g/mol. The molecule has 0 bridgehead atoms. The molecule has 0 aliphatic rings. The molecule has 1 rings (SSSR count). The minimum atomic E-state index is -4.22. The number of hydrogen-bond donors (Lipinski definition) is 1. The van der Waals surface area contributed by atoms with Crippen LogP contribution >= 0.6 is 15.9 Å². The van der Waals surface area contributed by atoms with Crippen molar-refractivity contribution in [2.24, 2.45) is 5.73 Å². The van der Waals surface area contributed by atoms with E-state index in [1.165, 1.54) is 11.9 Å². The van der Waals surface area contributed by atoms with Gasteiger partial charge < -0.3 is 10.6 Å². The molecular weight excluding hydrogens is 309 g/mol. The lowest BCUT2D eigenvalue weighted by molar-refractivity contribution is -0.119. The van der Waals surface area contributed by atoms with E-state index in [4.69, 9.17) is 5.73 Å². The van der Waals surface area contributed by atoms with Crippen LogP contribution in [0.15, 0.2) is 22.7 Å². The maximum absolute atomic E-state index is 12.4. The van der Waals surface area contributed by atoms with E-state index in [0.29, 0.717) is 12.1 Å². The van der Waals surface area contributed by atoms with E-state index in [2.05, 4.69) is 15.9 Å². The van der Waals surface area contributed by atoms with Gasteiger partial charge in [0, 0.05) is 23.2 Å². The number of nitrogens with zero attached hydrogens (tertiary/aromatic N) is 1. The standard InChI is InChI=1S/C12H16BrF3N2/c1-8(17)5-9-3-4-10(13)6-11(9)18(2)7-12(14,15)16/h3-4,6,8H,5,7,17H2,1-2H3. The Balaban J connectivity index is 3.00. The van der Waals surface area contributed by atoms with Crippen LogP contribution < -0.4 is 10.6 Å². The third kappa shape index (κ3) is 4.86. The van der Waals surface area contributed by atoms with Gasteiger partial charge in [0.05, 0.1) is 0 Å². The topological polar surface area (TPSA) is 29.3 Å². The largest absolute Gasteiger partial charge is 0.405 e. The summed E-state index contributed by atoms with van der Waals surface area (Å²) in [6.07, 6.45) is -3.67. The Morgan fingerprint density at radius 2 is 2.00 bits per heavy atom. The van der Waals surface area contributed by atoms with E-state index in [9.17, 15) is 13.2 Å². The lowest BCUT2D eigenvalue weighted by Gasteiger charge is -2.24. The maximum atomic E-state index is 12.4. The van der Waals surface area contributed by atoms with Crippen molar-refractivity contribution in [3.05, 3.63) is 28.2 Å². The average Bonchev–Trinajstić information content (AvgIpc) is 2.17. The lowest BCUT2D eigenvalue weighted by atomic mass is 10.0. The van der Waals surface area contributed by atoms with Crippen molar-refractivity contribution in [3.63, 3.8) is 0 Å². The molecule has 0 aliphatic heterocycles. The number of anilines is 1. The van der Waals surface area contributed by atoms with Gasteiger partial charge in [-0.05, 0) is 31.0 Å². The fourth-order valence-electron chi connectivity index (χ4n) is 1.77. The molecule has 0 aromatic heterocycles. The fourth-order valence-corrected chi connectivity index (χ4v) is 2.11. The van der Waals surface area contributed by atoms with Crippen LogP contribution in [0.4, 0.5) is 18.9 Å². The smallest absolute Gasteiger partial charge is 0.365 e. The van der Waals surface area contributed by atoms with Gasteiger partial charge >= 0.3 is 6.18 Å². The molecule has 0 radical (unpaired) electrons. The molecule has 0 saturated heterocycles. The second kappa shape index (κ2) is 5.93. The Bertz CT molecular complexity index is 405. The Morgan fingerprint density at radius 1 is 1.39 bits per heavy atom. The predicted molar refractivity (Wildman–Crippen MR) is 70.8 cm³/mol. The number of hydrogen-bond acceptors (Lipinski definition) is 2. The number of nitrogens with two attached hydrogens (primary N) is 1. The quantitative estimate of drug-likeness (QED) is 0.920. The maximum Gasteiger partial charge on any atom is 0.405 e. The van der Waals surface area contributed by atoms with E-state index in [1.54, 1.807) is 12.1 Å². The van der Waals surface area contributed by atoms with Crippen molar-refractivity contribution >= 4 is 21.6 Å². The highest BCUT2D eigenvalue weighted by Crippen LogP contribution is 2.28. The van der Waals surface area contributed by atoms with Crippen LogP contribution in [-0.2, 0) is 6.42 Å². The number of benzene rings is 1. The predicted octanol–water partition coefficient (Wildman–Crippen LogP) is 3.34. The van der Waals surface area contributed by atoms with Gasteiger partial charge in [-0.3, -0.25) is 0 Å². The van der Waals surface area contributed by atoms with E-state index in [1.807, 2.05) is 13.0 Å². The highest BCUT2D eigenvalue weighted by atomic mass is 79.9. The van der Waals surface area contributed by atoms with Gasteiger partial charge in [-0.1, -0.05) is 22.0 Å². The van der Waals surface area contributed by atoms with Gasteiger partial charge in [0.1, 0.15) is 6.54 Å². The number of alkyl halides is 3. The monoisotopic (exact) mass is 324 g/mol. The number of halogens is 4. The van der Waals surface area contributed by atoms with E-state index < -0.39 is 12.7 Å². The zero-order valence-corrected chi connectivity index (χ0v) is 11.8. The van der Waals surface area contributed by atoms with E-state index >= 15 is 0 Å². The third-order valence-corrected chi connectivity index (χ3v) is 2.91. The van der Waals surface area contributed by atoms with Crippen LogP contribution in [0.2, 0.25) is 0 Å². The molecule has 0 fully saturated rings. The lowest BCUT2D eigenvalue weighted by Crippen LogP contribution is -2.32. The molecule has 0 saturated carbocycles. The summed E-state index contributed by atoms with van der Waals surface area (Å²) < 4.78 is 38.0. The summed E-state index contributed by atoms with van der Waals surface area (Å²) in [5.41, 5.74) is 7.08. The van der Waals surface area contributed by atoms with Crippen LogP contribution in [0.1, 0.15) is 12.5 Å². The Morgan fingerprint density at radius 3 is 2.50 bits per heavy atom. The Labute approximate surface area is 113 Å². The Kier molecular flexibility index (Phi) is 5.04. The van der Waals surface area contributed by atoms with Crippen molar-refractivity contribution in [2.45, 2.75) is 25.6 Å². The van der Waals surface area contributed by atoms with Gasteiger partial charge in [0.2, 0.25) is 0 Å². The molecule has 0 amide bonds. The molecule has 18 heavy (non-hydrogen) atoms. The molecule has 1 aromatic carbocycles. The zero-order valence-electron chi connectivity index (χ0n) is 10.3. The number of rotatable bonds is 4. The molecular formula is C12H16BrF3N2. The molecule has 1 aromatic rings. The first-order chi connectivity index (χ1) is 8.19. The van der Waals surface area contributed by atoms with E-state index in [-0.39, 0.29) is 6.04 Å². The van der Waals surface area contributed by atoms with Gasteiger partial charge in [0.15, 0.2) is 0 Å². The van der Waals surface area contributed by atoms with Crippen LogP contribution in [0, 0.1) is 0 Å². The van der Waals surface area contributed by atoms with Crippen LogP contribution in [-0.4, -0.2) is 25.8 Å². The minimum absolute atomic E-state index is 0.0933. The second-order valence-electron chi connectivity index (χ2n) is 4.43. The van der Waals surface area contributed by atoms with E-state index in [0.717, 1.165) is 10.0 Å². The SMILES string of the molecule is CC(N)Cc1ccc(Br)cc1N(C)CC(F)(F)F. The summed E-state index contributed by atoms with van der Waals surface area (Å²) in [4.78, 5) is 1.20. The summed E-state index contributed by atoms with van der Waals surface area (Å²) in [5, 5.41) is 0. The first kappa shape index (κ1) is 15.3. The van der Waals surface area contributed by atoms with Gasteiger partial charge in [-0.2, -0.15) is 13.2 Å². The zero-order chi connectivity index (χ0) is 13.9. The third-order valence-electron chi connectivity index (χ3n) is 2.42. The van der Waals surface area contributed by atoms with Crippen LogP contribution in [0.5, 0.6) is 0 Å². The summed E-state index contributed by atoms with van der Waals surface area (Å²) in [6, 6.07) is 5.20. The van der Waals surface area contributed by atoms with Crippen molar-refractivity contribution in [2.75, 3.05) is 18.5 Å². The second-order valence-corrected chi connectivity index (χ2v) is 5.34. The molecule has 1 atom stereocenters. The molecule has 0 heterocycles. The Hall–Kier alpha value is -0.750. The van der Waals surface area contributed by atoms with Gasteiger partial charge in [-0.15, -0.1) is 0 Å². The summed E-state index contributed by atoms with van der Waals surface area (Å²) >= 11 is 3.27. The van der Waals surface area contributed by atoms with Crippen molar-refractivity contribution in [1.29, 1.82) is 0 Å². The molecule has 1 unspecified atom stereocenters. The summed E-state index contributed by atoms with van der Waals surface area (Å²) in [7, 11) is 1.43. The molecule has 2 N–H and O–H groups in total. The fraction of sp³-hybridized carbons (Fsp3) is 0.500. The van der Waals surface area contributed by atoms with Crippen molar-refractivity contribution < 1.29 is 13.2 Å². The molecule has 6 heteroatoms. The molecule has 2 nitrogen and oxygen atoms in total. The van der Waals surface area contributed by atoms with Gasteiger partial charge in [-0.25, -0.2) is 0 Å². The molecule has 0 aliphatic carbocycles. The minimum Gasteiger partial charge on any atom is -0.365 e. The van der Waals surface area contributed by atoms with Crippen LogP contribution in [0.25, 0.3) is 0 Å². The van der Waals surface area contributed by atoms with Crippen molar-refractivity contribution in [1.82, 2.24) is 0 Å². The summed E-state index contributed by atoms with van der Waals surface area (Å²) in [5.74, 6) is 0. The molecule has 102 valence electrons. The highest BCUT2D eigenvalue weighted by molar-refractivity contribution is 9.10. The normalized spacial score (nSPS) is 13.5. The molecule has 0 spiro atoms. The highest BCUT2D eigenvalue weighted by Gasteiger charge is 2.30. The summed E-state index contributed by atoms with van der Waals surface area (Å²) in [6.45, 7) is 0.852. The van der Waals surface area contributed by atoms with Gasteiger partial charge in [0.25, 0.3) is 0 Å². The first-order valence-electron chi connectivity index (χ1n) is 5.51. The van der Waals surface area contributed by atoms with Crippen LogP contribution in [0.3, 0.4) is 0 Å². The van der Waals surface area contributed by atoms with Crippen molar-refractivity contribution in [3.8, 4) is 0 Å². The first-order valence-corrected chi connectivity index (χ1v) is 6.30.